The van der Waals surface area contributed by atoms with Crippen LogP contribution < -0.4 is 4.72 Å². The van der Waals surface area contributed by atoms with Gasteiger partial charge in [-0.15, -0.1) is 0 Å². The van der Waals surface area contributed by atoms with Crippen molar-refractivity contribution in [1.82, 2.24) is 4.31 Å². The summed E-state index contributed by atoms with van der Waals surface area (Å²) in [5.74, 6) is 0. The number of hydrogen-bond acceptors (Lipinski definition) is 2. The van der Waals surface area contributed by atoms with E-state index in [9.17, 15) is 8.42 Å². The molecule has 106 valence electrons. The largest absolute Gasteiger partial charge is 0.301 e. The van der Waals surface area contributed by atoms with E-state index in [4.69, 9.17) is 11.6 Å². The molecule has 0 radical (unpaired) electrons. The zero-order valence-corrected chi connectivity index (χ0v) is 12.6. The second-order valence-corrected chi connectivity index (χ2v) is 6.99. The molecule has 1 aliphatic rings. The second kappa shape index (κ2) is 6.11. The van der Waals surface area contributed by atoms with E-state index in [0.717, 1.165) is 31.2 Å². The fourth-order valence-electron chi connectivity index (χ4n) is 2.19. The molecule has 1 N–H and O–H groups in total. The molecular weight excluding hydrogens is 284 g/mol. The number of anilines is 1. The van der Waals surface area contributed by atoms with Crippen LogP contribution in [0.5, 0.6) is 0 Å². The maximum atomic E-state index is 12.3. The lowest BCUT2D eigenvalue weighted by Gasteiger charge is -2.21. The minimum atomic E-state index is -3.47. The Balaban J connectivity index is 2.18. The zero-order valence-electron chi connectivity index (χ0n) is 11.0. The van der Waals surface area contributed by atoms with Gasteiger partial charge in [0, 0.05) is 18.1 Å². The third-order valence-electron chi connectivity index (χ3n) is 3.34. The van der Waals surface area contributed by atoms with Gasteiger partial charge in [0.25, 0.3) is 0 Å². The fraction of sp³-hybridized carbons (Fsp3) is 0.538. The first kappa shape index (κ1) is 14.6. The Kier molecular flexibility index (Phi) is 4.71. The number of aryl methyl sites for hydroxylation is 1. The first-order valence-corrected chi connectivity index (χ1v) is 8.35. The summed E-state index contributed by atoms with van der Waals surface area (Å²) >= 11 is 5.91. The second-order valence-electron chi connectivity index (χ2n) is 4.88. The van der Waals surface area contributed by atoms with Crippen LogP contribution in [0.4, 0.5) is 5.69 Å². The predicted molar refractivity (Wildman–Crippen MR) is 78.8 cm³/mol. The molecule has 0 amide bonds. The van der Waals surface area contributed by atoms with Crippen LogP contribution in [0.15, 0.2) is 18.2 Å². The van der Waals surface area contributed by atoms with Gasteiger partial charge >= 0.3 is 10.2 Å². The highest BCUT2D eigenvalue weighted by atomic mass is 35.5. The molecule has 1 aromatic carbocycles. The summed E-state index contributed by atoms with van der Waals surface area (Å²) in [6.07, 6.45) is 4.05. The summed E-state index contributed by atoms with van der Waals surface area (Å²) in [7, 11) is -3.47. The van der Waals surface area contributed by atoms with Crippen molar-refractivity contribution in [2.24, 2.45) is 0 Å². The Bertz CT molecular complexity index is 538. The highest BCUT2D eigenvalue weighted by molar-refractivity contribution is 7.90. The van der Waals surface area contributed by atoms with E-state index in [-0.39, 0.29) is 0 Å². The van der Waals surface area contributed by atoms with Gasteiger partial charge < -0.3 is 0 Å². The molecule has 0 aromatic heterocycles. The van der Waals surface area contributed by atoms with Crippen molar-refractivity contribution in [2.75, 3.05) is 17.8 Å². The lowest BCUT2D eigenvalue weighted by molar-refractivity contribution is 0.427. The Hall–Kier alpha value is -0.780. The monoisotopic (exact) mass is 302 g/mol. The van der Waals surface area contributed by atoms with Crippen molar-refractivity contribution in [1.29, 1.82) is 0 Å². The molecule has 0 saturated carbocycles. The molecule has 1 aromatic rings. The number of benzene rings is 1. The summed E-state index contributed by atoms with van der Waals surface area (Å²) < 4.78 is 28.9. The van der Waals surface area contributed by atoms with Crippen molar-refractivity contribution >= 4 is 27.5 Å². The van der Waals surface area contributed by atoms with E-state index in [0.29, 0.717) is 23.8 Å². The number of halogens is 1. The zero-order chi connectivity index (χ0) is 13.9. The van der Waals surface area contributed by atoms with Crippen LogP contribution in [0, 0.1) is 6.92 Å². The molecule has 1 saturated heterocycles. The van der Waals surface area contributed by atoms with Gasteiger partial charge in [-0.2, -0.15) is 12.7 Å². The fourth-order valence-corrected chi connectivity index (χ4v) is 3.73. The van der Waals surface area contributed by atoms with Gasteiger partial charge in [-0.1, -0.05) is 30.5 Å². The topological polar surface area (TPSA) is 49.4 Å². The molecule has 0 spiro atoms. The molecule has 19 heavy (non-hydrogen) atoms. The van der Waals surface area contributed by atoms with Crippen LogP contribution in [-0.2, 0) is 10.2 Å². The van der Waals surface area contributed by atoms with Gasteiger partial charge in [0.05, 0.1) is 5.69 Å². The average molecular weight is 303 g/mol. The van der Waals surface area contributed by atoms with Crippen LogP contribution in [-0.4, -0.2) is 25.8 Å². The van der Waals surface area contributed by atoms with E-state index >= 15 is 0 Å². The minimum absolute atomic E-state index is 0.527. The Morgan fingerprint density at radius 1 is 1.16 bits per heavy atom. The summed E-state index contributed by atoms with van der Waals surface area (Å²) in [6, 6.07) is 5.20. The highest BCUT2D eigenvalue weighted by Crippen LogP contribution is 2.23. The van der Waals surface area contributed by atoms with Gasteiger partial charge in [-0.3, -0.25) is 4.72 Å². The molecule has 4 nitrogen and oxygen atoms in total. The average Bonchev–Trinajstić information content (AvgIpc) is 2.63. The van der Waals surface area contributed by atoms with Crippen molar-refractivity contribution in [3.63, 3.8) is 0 Å². The van der Waals surface area contributed by atoms with Gasteiger partial charge in [-0.25, -0.2) is 0 Å². The van der Waals surface area contributed by atoms with E-state index in [1.165, 1.54) is 4.31 Å². The normalized spacial score (nSPS) is 18.0. The summed E-state index contributed by atoms with van der Waals surface area (Å²) in [5.41, 5.74) is 1.42. The molecule has 0 bridgehead atoms. The molecule has 6 heteroatoms. The number of hydrogen-bond donors (Lipinski definition) is 1. The minimum Gasteiger partial charge on any atom is -0.271 e. The number of nitrogens with one attached hydrogen (secondary N) is 1. The van der Waals surface area contributed by atoms with E-state index in [2.05, 4.69) is 4.72 Å². The first-order valence-electron chi connectivity index (χ1n) is 6.53. The van der Waals surface area contributed by atoms with Gasteiger partial charge in [0.1, 0.15) is 0 Å². The summed E-state index contributed by atoms with van der Waals surface area (Å²) in [5, 5.41) is 0.527. The van der Waals surface area contributed by atoms with Crippen LogP contribution in [0.2, 0.25) is 5.02 Å². The van der Waals surface area contributed by atoms with Crippen molar-refractivity contribution in [2.45, 2.75) is 32.6 Å². The van der Waals surface area contributed by atoms with Gasteiger partial charge in [0.15, 0.2) is 0 Å². The van der Waals surface area contributed by atoms with E-state index in [1.807, 2.05) is 13.0 Å². The lowest BCUT2D eigenvalue weighted by Crippen LogP contribution is -2.36. The van der Waals surface area contributed by atoms with Gasteiger partial charge in [-0.05, 0) is 37.5 Å². The van der Waals surface area contributed by atoms with E-state index in [1.54, 1.807) is 12.1 Å². The maximum Gasteiger partial charge on any atom is 0.301 e. The van der Waals surface area contributed by atoms with Crippen LogP contribution >= 0.6 is 11.6 Å². The number of rotatable bonds is 3. The van der Waals surface area contributed by atoms with Crippen LogP contribution in [0.1, 0.15) is 31.2 Å². The standard InChI is InChI=1S/C13H19ClN2O2S/c1-11-6-7-12(14)10-13(11)15-19(17,18)16-8-4-2-3-5-9-16/h6-7,10,15H,2-5,8-9H2,1H3. The smallest absolute Gasteiger partial charge is 0.271 e. The lowest BCUT2D eigenvalue weighted by atomic mass is 10.2. The summed E-state index contributed by atoms with van der Waals surface area (Å²) in [4.78, 5) is 0. The van der Waals surface area contributed by atoms with Crippen LogP contribution in [0.25, 0.3) is 0 Å². The van der Waals surface area contributed by atoms with Crippen molar-refractivity contribution in [3.8, 4) is 0 Å². The Labute approximate surface area is 119 Å². The molecule has 0 unspecified atom stereocenters. The first-order chi connectivity index (χ1) is 8.99. The van der Waals surface area contributed by atoms with Crippen LogP contribution in [0.3, 0.4) is 0 Å². The molecule has 0 atom stereocenters. The van der Waals surface area contributed by atoms with Gasteiger partial charge in [0.2, 0.25) is 0 Å². The molecule has 1 heterocycles. The quantitative estimate of drug-likeness (QED) is 0.932. The third kappa shape index (κ3) is 3.84. The molecule has 1 fully saturated rings. The maximum absolute atomic E-state index is 12.3. The Morgan fingerprint density at radius 2 is 1.79 bits per heavy atom. The molecule has 0 aliphatic carbocycles. The van der Waals surface area contributed by atoms with Crippen molar-refractivity contribution in [3.05, 3.63) is 28.8 Å². The van der Waals surface area contributed by atoms with E-state index < -0.39 is 10.2 Å². The Morgan fingerprint density at radius 3 is 2.42 bits per heavy atom. The SMILES string of the molecule is Cc1ccc(Cl)cc1NS(=O)(=O)N1CCCCCC1. The summed E-state index contributed by atoms with van der Waals surface area (Å²) in [6.45, 7) is 3.04. The third-order valence-corrected chi connectivity index (χ3v) is 5.10. The van der Waals surface area contributed by atoms with Crippen molar-refractivity contribution < 1.29 is 8.42 Å². The highest BCUT2D eigenvalue weighted by Gasteiger charge is 2.23. The molecule has 1 aliphatic heterocycles. The number of nitrogens with zero attached hydrogens (tertiary/aromatic N) is 1. The molecular formula is C13H19ClN2O2S. The predicted octanol–water partition coefficient (Wildman–Crippen LogP) is 3.18. The molecule has 2 rings (SSSR count).